The van der Waals surface area contributed by atoms with Crippen LogP contribution in [0.1, 0.15) is 50.6 Å². The largest absolute Gasteiger partial charge is 0.374 e. The molecule has 1 aromatic heterocycles. The summed E-state index contributed by atoms with van der Waals surface area (Å²) in [6.07, 6.45) is 8.74. The minimum Gasteiger partial charge on any atom is -0.374 e. The summed E-state index contributed by atoms with van der Waals surface area (Å²) in [5.74, 6) is 0.111. The van der Waals surface area contributed by atoms with Gasteiger partial charge in [0, 0.05) is 11.9 Å². The van der Waals surface area contributed by atoms with Crippen molar-refractivity contribution >= 4 is 22.4 Å². The van der Waals surface area contributed by atoms with Gasteiger partial charge in [-0.1, -0.05) is 12.8 Å². The third kappa shape index (κ3) is 3.59. The predicted octanol–water partition coefficient (Wildman–Crippen LogP) is 3.03. The van der Waals surface area contributed by atoms with Gasteiger partial charge >= 0.3 is 0 Å². The molecule has 126 valence electrons. The van der Waals surface area contributed by atoms with Crippen LogP contribution in [0, 0.1) is 5.92 Å². The third-order valence-electron chi connectivity index (χ3n) is 5.31. The van der Waals surface area contributed by atoms with Crippen molar-refractivity contribution in [2.75, 3.05) is 18.4 Å². The van der Waals surface area contributed by atoms with Crippen LogP contribution in [-0.2, 0) is 16.1 Å². The standard InChI is InChI=1S/C17H25N3O2S/c21-16(14-9-13-5-6-15(14)22-13)19-17-18-12(11-23-17)10-20-7-3-1-2-4-8-20/h11,13-15H,1-10H2,(H,18,19,21)/t13-,14-,15-/m1/s1. The van der Waals surface area contributed by atoms with E-state index in [9.17, 15) is 4.79 Å². The first kappa shape index (κ1) is 15.5. The van der Waals surface area contributed by atoms with E-state index in [0.717, 1.165) is 36.6 Å². The summed E-state index contributed by atoms with van der Waals surface area (Å²) in [5.41, 5.74) is 1.08. The molecule has 0 unspecified atom stereocenters. The van der Waals surface area contributed by atoms with Crippen LogP contribution in [0.2, 0.25) is 0 Å². The molecule has 5 nitrogen and oxygen atoms in total. The molecular weight excluding hydrogens is 310 g/mol. The molecule has 1 amide bonds. The van der Waals surface area contributed by atoms with Crippen molar-refractivity contribution in [3.8, 4) is 0 Å². The fourth-order valence-electron chi connectivity index (χ4n) is 4.07. The first-order valence-corrected chi connectivity index (χ1v) is 9.79. The number of hydrogen-bond acceptors (Lipinski definition) is 5. The maximum atomic E-state index is 12.4. The average molecular weight is 335 g/mol. The second-order valence-electron chi connectivity index (χ2n) is 7.04. The van der Waals surface area contributed by atoms with Gasteiger partial charge in [-0.05, 0) is 45.2 Å². The molecule has 0 aliphatic carbocycles. The van der Waals surface area contributed by atoms with E-state index in [-0.39, 0.29) is 17.9 Å². The van der Waals surface area contributed by atoms with Crippen molar-refractivity contribution in [3.63, 3.8) is 0 Å². The molecule has 3 fully saturated rings. The number of likely N-dealkylation sites (tertiary alicyclic amines) is 1. The van der Waals surface area contributed by atoms with E-state index in [2.05, 4.69) is 20.6 Å². The van der Waals surface area contributed by atoms with Crippen LogP contribution in [0.5, 0.6) is 0 Å². The van der Waals surface area contributed by atoms with Gasteiger partial charge in [-0.15, -0.1) is 11.3 Å². The summed E-state index contributed by atoms with van der Waals surface area (Å²) in [5, 5.41) is 5.83. The minimum absolute atomic E-state index is 0.0201. The number of aromatic nitrogens is 1. The molecule has 0 spiro atoms. The number of hydrogen-bond donors (Lipinski definition) is 1. The molecule has 2 bridgehead atoms. The van der Waals surface area contributed by atoms with Gasteiger partial charge in [0.15, 0.2) is 5.13 Å². The number of ether oxygens (including phenoxy) is 1. The lowest BCUT2D eigenvalue weighted by Crippen LogP contribution is -2.30. The highest BCUT2D eigenvalue weighted by Gasteiger charge is 2.44. The maximum absolute atomic E-state index is 12.4. The fourth-order valence-corrected chi connectivity index (χ4v) is 4.78. The van der Waals surface area contributed by atoms with E-state index in [1.54, 1.807) is 0 Å². The number of carbonyl (C=O) groups is 1. The van der Waals surface area contributed by atoms with E-state index in [1.165, 1.54) is 50.1 Å². The van der Waals surface area contributed by atoms with E-state index in [1.807, 2.05) is 0 Å². The van der Waals surface area contributed by atoms with Gasteiger partial charge in [-0.2, -0.15) is 0 Å². The SMILES string of the molecule is O=C(Nc1nc(CN2CCCCCC2)cs1)[C@@H]1C[C@H]2CC[C@H]1O2. The zero-order chi connectivity index (χ0) is 15.6. The first-order valence-electron chi connectivity index (χ1n) is 8.91. The van der Waals surface area contributed by atoms with Crippen molar-refractivity contribution in [2.24, 2.45) is 5.92 Å². The van der Waals surface area contributed by atoms with Crippen LogP contribution in [0.4, 0.5) is 5.13 Å². The van der Waals surface area contributed by atoms with E-state index in [4.69, 9.17) is 4.74 Å². The molecule has 4 rings (SSSR count). The number of rotatable bonds is 4. The van der Waals surface area contributed by atoms with E-state index < -0.39 is 0 Å². The first-order chi connectivity index (χ1) is 11.3. The van der Waals surface area contributed by atoms with Gasteiger partial charge in [0.25, 0.3) is 0 Å². The molecule has 3 aliphatic rings. The summed E-state index contributed by atoms with van der Waals surface area (Å²) < 4.78 is 5.78. The molecule has 4 heterocycles. The Kier molecular flexibility index (Phi) is 4.64. The van der Waals surface area contributed by atoms with Crippen molar-refractivity contribution in [1.29, 1.82) is 0 Å². The average Bonchev–Trinajstić information content (AvgIpc) is 3.23. The summed E-state index contributed by atoms with van der Waals surface area (Å²) in [7, 11) is 0. The lowest BCUT2D eigenvalue weighted by molar-refractivity contribution is -0.121. The topological polar surface area (TPSA) is 54.5 Å². The zero-order valence-corrected chi connectivity index (χ0v) is 14.3. The normalized spacial score (nSPS) is 31.2. The number of nitrogens with zero attached hydrogens (tertiary/aromatic N) is 2. The Labute approximate surface area is 141 Å². The highest BCUT2D eigenvalue weighted by molar-refractivity contribution is 7.13. The van der Waals surface area contributed by atoms with Crippen LogP contribution >= 0.6 is 11.3 Å². The van der Waals surface area contributed by atoms with Gasteiger partial charge in [-0.3, -0.25) is 9.69 Å². The van der Waals surface area contributed by atoms with Gasteiger partial charge in [0.2, 0.25) is 5.91 Å². The van der Waals surface area contributed by atoms with Crippen LogP contribution in [0.15, 0.2) is 5.38 Å². The highest BCUT2D eigenvalue weighted by Crippen LogP contribution is 2.39. The second kappa shape index (κ2) is 6.87. The molecule has 0 radical (unpaired) electrons. The minimum atomic E-state index is 0.0201. The lowest BCUT2D eigenvalue weighted by Gasteiger charge is -2.18. The van der Waals surface area contributed by atoms with Crippen molar-refractivity contribution in [2.45, 2.75) is 63.7 Å². The van der Waals surface area contributed by atoms with Crippen LogP contribution in [0.25, 0.3) is 0 Å². The molecule has 23 heavy (non-hydrogen) atoms. The van der Waals surface area contributed by atoms with Crippen LogP contribution in [0.3, 0.4) is 0 Å². The Morgan fingerprint density at radius 2 is 2.13 bits per heavy atom. The summed E-state index contributed by atoms with van der Waals surface area (Å²) in [6, 6.07) is 0. The van der Waals surface area contributed by atoms with Crippen LogP contribution in [-0.4, -0.2) is 41.1 Å². The summed E-state index contributed by atoms with van der Waals surface area (Å²) >= 11 is 1.54. The number of carbonyl (C=O) groups excluding carboxylic acids is 1. The van der Waals surface area contributed by atoms with Gasteiger partial charge in [0.05, 0.1) is 23.8 Å². The fraction of sp³-hybridized carbons (Fsp3) is 0.765. The van der Waals surface area contributed by atoms with Crippen LogP contribution < -0.4 is 5.32 Å². The molecule has 1 N–H and O–H groups in total. The number of anilines is 1. The Morgan fingerprint density at radius 3 is 2.83 bits per heavy atom. The molecule has 3 atom stereocenters. The molecule has 0 saturated carbocycles. The maximum Gasteiger partial charge on any atom is 0.231 e. The molecule has 3 saturated heterocycles. The molecule has 1 aromatic rings. The van der Waals surface area contributed by atoms with Crippen molar-refractivity contribution in [3.05, 3.63) is 11.1 Å². The second-order valence-corrected chi connectivity index (χ2v) is 7.90. The van der Waals surface area contributed by atoms with Gasteiger partial charge < -0.3 is 10.1 Å². The monoisotopic (exact) mass is 335 g/mol. The Morgan fingerprint density at radius 1 is 1.30 bits per heavy atom. The number of nitrogens with one attached hydrogen (secondary N) is 1. The highest BCUT2D eigenvalue weighted by atomic mass is 32.1. The van der Waals surface area contributed by atoms with Gasteiger partial charge in [0.1, 0.15) is 0 Å². The molecule has 3 aliphatic heterocycles. The zero-order valence-electron chi connectivity index (χ0n) is 13.5. The number of amides is 1. The van der Waals surface area contributed by atoms with Crippen molar-refractivity contribution < 1.29 is 9.53 Å². The Bertz CT molecular complexity index is 554. The summed E-state index contributed by atoms with van der Waals surface area (Å²) in [6.45, 7) is 3.24. The Hall–Kier alpha value is -0.980. The molecule has 0 aromatic carbocycles. The number of thiazole rings is 1. The number of fused-ring (bicyclic) bond motifs is 2. The lowest BCUT2D eigenvalue weighted by atomic mass is 9.89. The third-order valence-corrected chi connectivity index (χ3v) is 6.12. The van der Waals surface area contributed by atoms with E-state index >= 15 is 0 Å². The van der Waals surface area contributed by atoms with Crippen molar-refractivity contribution in [1.82, 2.24) is 9.88 Å². The van der Waals surface area contributed by atoms with Gasteiger partial charge in [-0.25, -0.2) is 4.98 Å². The van der Waals surface area contributed by atoms with E-state index in [0.29, 0.717) is 6.10 Å². The molecular formula is C17H25N3O2S. The smallest absolute Gasteiger partial charge is 0.231 e. The molecule has 6 heteroatoms. The quantitative estimate of drug-likeness (QED) is 0.919. The summed E-state index contributed by atoms with van der Waals surface area (Å²) in [4.78, 5) is 19.5. The Balaban J connectivity index is 1.32. The predicted molar refractivity (Wildman–Crippen MR) is 90.5 cm³/mol.